The SMILES string of the molecule is [Li][CH](N)CCNCCCCCCCCN. The molecule has 4 heteroatoms. The Labute approximate surface area is 104 Å². The van der Waals surface area contributed by atoms with Crippen LogP contribution < -0.4 is 16.8 Å². The minimum Gasteiger partial charge on any atom is -0.330 e. The van der Waals surface area contributed by atoms with Crippen LogP contribution in [0.15, 0.2) is 0 Å². The molecule has 0 aromatic rings. The van der Waals surface area contributed by atoms with E-state index in [4.69, 9.17) is 11.5 Å². The Kier molecular flexibility index (Phi) is 12.9. The Balaban J connectivity index is 2.87. The second kappa shape index (κ2) is 12.5. The normalized spacial score (nSPS) is 13.1. The minimum atomic E-state index is 0.328. The van der Waals surface area contributed by atoms with E-state index in [0.29, 0.717) is 4.71 Å². The summed E-state index contributed by atoms with van der Waals surface area (Å²) in [6.07, 6.45) is 8.90. The van der Waals surface area contributed by atoms with Crippen LogP contribution in [0.2, 0.25) is 0 Å². The van der Waals surface area contributed by atoms with Gasteiger partial charge in [0.15, 0.2) is 0 Å². The summed E-state index contributed by atoms with van der Waals surface area (Å²) in [4.78, 5) is 0. The zero-order valence-electron chi connectivity index (χ0n) is 10.3. The maximum atomic E-state index is 5.65. The van der Waals surface area contributed by atoms with Crippen LogP contribution in [-0.4, -0.2) is 42.1 Å². The number of nitrogens with one attached hydrogen (secondary N) is 1. The van der Waals surface area contributed by atoms with E-state index in [-0.39, 0.29) is 0 Å². The van der Waals surface area contributed by atoms with E-state index in [1.165, 1.54) is 38.5 Å². The van der Waals surface area contributed by atoms with Gasteiger partial charge in [0, 0.05) is 0 Å². The Morgan fingerprint density at radius 1 is 0.933 bits per heavy atom. The molecule has 0 bridgehead atoms. The van der Waals surface area contributed by atoms with Gasteiger partial charge in [-0.15, -0.1) is 0 Å². The molecule has 86 valence electrons. The average Bonchev–Trinajstić information content (AvgIpc) is 2.20. The van der Waals surface area contributed by atoms with Gasteiger partial charge in [0.1, 0.15) is 0 Å². The van der Waals surface area contributed by atoms with Crippen molar-refractivity contribution in [3.05, 3.63) is 0 Å². The van der Waals surface area contributed by atoms with Gasteiger partial charge in [0.25, 0.3) is 0 Å². The summed E-state index contributed by atoms with van der Waals surface area (Å²) in [5, 5.41) is 3.42. The van der Waals surface area contributed by atoms with Crippen molar-refractivity contribution in [1.82, 2.24) is 5.32 Å². The predicted octanol–water partition coefficient (Wildman–Crippen LogP) is 0.719. The number of unbranched alkanes of at least 4 members (excludes halogenated alkanes) is 5. The molecule has 1 unspecified atom stereocenters. The minimum absolute atomic E-state index is 0.328. The van der Waals surface area contributed by atoms with Crippen LogP contribution >= 0.6 is 0 Å². The number of rotatable bonds is 11. The fraction of sp³-hybridized carbons (Fsp3) is 1.00. The van der Waals surface area contributed by atoms with Crippen molar-refractivity contribution in [2.75, 3.05) is 19.6 Å². The van der Waals surface area contributed by atoms with Gasteiger partial charge in [-0.1, -0.05) is 0 Å². The van der Waals surface area contributed by atoms with Gasteiger partial charge in [-0.25, -0.2) is 0 Å². The van der Waals surface area contributed by atoms with Crippen molar-refractivity contribution < 1.29 is 0 Å². The molecule has 3 nitrogen and oxygen atoms in total. The van der Waals surface area contributed by atoms with Gasteiger partial charge in [-0.2, -0.15) is 0 Å². The topological polar surface area (TPSA) is 64.1 Å². The van der Waals surface area contributed by atoms with Crippen molar-refractivity contribution in [1.29, 1.82) is 0 Å². The van der Waals surface area contributed by atoms with Gasteiger partial charge >= 0.3 is 98.1 Å². The van der Waals surface area contributed by atoms with Gasteiger partial charge < -0.3 is 5.73 Å². The van der Waals surface area contributed by atoms with Crippen LogP contribution in [0.1, 0.15) is 44.9 Å². The molecule has 0 aromatic carbocycles. The predicted molar refractivity (Wildman–Crippen MR) is 68.0 cm³/mol. The molecular weight excluding hydrogens is 181 g/mol. The molecule has 0 heterocycles. The van der Waals surface area contributed by atoms with Crippen LogP contribution in [0.25, 0.3) is 0 Å². The van der Waals surface area contributed by atoms with Gasteiger partial charge in [0.2, 0.25) is 0 Å². The summed E-state index contributed by atoms with van der Waals surface area (Å²) in [6, 6.07) is 0. The monoisotopic (exact) mass is 207 g/mol. The summed E-state index contributed by atoms with van der Waals surface area (Å²) in [5.41, 5.74) is 11.1. The molecule has 0 saturated heterocycles. The molecule has 0 aliphatic rings. The van der Waals surface area contributed by atoms with E-state index >= 15 is 0 Å². The fourth-order valence-electron chi connectivity index (χ4n) is 1.56. The average molecular weight is 207 g/mol. The third kappa shape index (κ3) is 14.5. The molecule has 15 heavy (non-hydrogen) atoms. The molecule has 5 N–H and O–H groups in total. The molecule has 0 rings (SSSR count). The molecule has 0 aliphatic carbocycles. The second-order valence-corrected chi connectivity index (χ2v) is 4.43. The Bertz CT molecular complexity index is 120. The smallest absolute Gasteiger partial charge is 0.330 e. The first-order valence-corrected chi connectivity index (χ1v) is 6.43. The van der Waals surface area contributed by atoms with Crippen LogP contribution in [-0.2, 0) is 0 Å². The van der Waals surface area contributed by atoms with E-state index < -0.39 is 0 Å². The second-order valence-electron chi connectivity index (χ2n) is 4.43. The van der Waals surface area contributed by atoms with Crippen molar-refractivity contribution in [3.63, 3.8) is 0 Å². The number of hydrogen-bond donors (Lipinski definition) is 3. The van der Waals surface area contributed by atoms with Crippen molar-refractivity contribution in [3.8, 4) is 0 Å². The van der Waals surface area contributed by atoms with E-state index in [9.17, 15) is 0 Å². The maximum absolute atomic E-state index is 5.65. The Hall–Kier alpha value is 0.477. The van der Waals surface area contributed by atoms with Gasteiger partial charge in [-0.05, 0) is 0 Å². The first-order valence-electron chi connectivity index (χ1n) is 6.43. The molecule has 0 fully saturated rings. The summed E-state index contributed by atoms with van der Waals surface area (Å²) >= 11 is 2.05. The first-order chi connectivity index (χ1) is 7.27. The van der Waals surface area contributed by atoms with Crippen LogP contribution in [0, 0.1) is 0 Å². The number of nitrogens with two attached hydrogens (primary N) is 2. The van der Waals surface area contributed by atoms with E-state index in [0.717, 1.165) is 26.1 Å². The molecule has 0 radical (unpaired) electrons. The van der Waals surface area contributed by atoms with E-state index in [1.54, 1.807) is 0 Å². The zero-order chi connectivity index (χ0) is 11.4. The first kappa shape index (κ1) is 15.5. The van der Waals surface area contributed by atoms with Crippen LogP contribution in [0.4, 0.5) is 0 Å². The van der Waals surface area contributed by atoms with E-state index in [1.807, 2.05) is 0 Å². The van der Waals surface area contributed by atoms with E-state index in [2.05, 4.69) is 23.0 Å². The molecule has 0 aliphatic heterocycles. The zero-order valence-corrected chi connectivity index (χ0v) is 10.3. The fourth-order valence-corrected chi connectivity index (χ4v) is 1.56. The van der Waals surface area contributed by atoms with Crippen LogP contribution in [0.3, 0.4) is 0 Å². The molecule has 0 saturated carbocycles. The third-order valence-electron chi connectivity index (χ3n) is 2.58. The van der Waals surface area contributed by atoms with Crippen molar-refractivity contribution in [2.45, 2.75) is 49.7 Å². The standard InChI is InChI=1S/C11H26N3.Li/c12-8-5-3-1-2-4-6-10-14-11-7-9-13;/h9,14H,1-8,10-13H2;. The Morgan fingerprint density at radius 2 is 1.53 bits per heavy atom. The summed E-state index contributed by atoms with van der Waals surface area (Å²) in [5.74, 6) is 0. The molecular formula is C11H26LiN3. The molecule has 1 atom stereocenters. The van der Waals surface area contributed by atoms with Gasteiger partial charge in [-0.3, -0.25) is 0 Å². The third-order valence-corrected chi connectivity index (χ3v) is 2.58. The Morgan fingerprint density at radius 3 is 2.13 bits per heavy atom. The summed E-state index contributed by atoms with van der Waals surface area (Å²) in [6.45, 7) is 3.05. The van der Waals surface area contributed by atoms with Crippen LogP contribution in [0.5, 0.6) is 0 Å². The van der Waals surface area contributed by atoms with Crippen molar-refractivity contribution in [2.24, 2.45) is 11.5 Å². The van der Waals surface area contributed by atoms with Crippen molar-refractivity contribution >= 4 is 17.7 Å². The summed E-state index contributed by atoms with van der Waals surface area (Å²) in [7, 11) is 0. The molecule has 0 amide bonds. The van der Waals surface area contributed by atoms with Gasteiger partial charge in [0.05, 0.1) is 0 Å². The summed E-state index contributed by atoms with van der Waals surface area (Å²) < 4.78 is 0.328. The molecule has 0 aromatic heterocycles. The quantitative estimate of drug-likeness (QED) is 0.345. The number of hydrogen-bond acceptors (Lipinski definition) is 3. The molecule has 0 spiro atoms.